The number of nitrogens with zero attached hydrogens (tertiary/aromatic N) is 2. The maximum absolute atomic E-state index is 5.41. The van der Waals surface area contributed by atoms with E-state index in [0.29, 0.717) is 0 Å². The molecule has 8 heteroatoms. The van der Waals surface area contributed by atoms with Crippen LogP contribution in [0.1, 0.15) is 0 Å². The number of hydroxylamine groups is 1. The molecule has 0 radical (unpaired) electrons. The van der Waals surface area contributed by atoms with Gasteiger partial charge in [0.1, 0.15) is 12.0 Å². The van der Waals surface area contributed by atoms with E-state index in [1.54, 1.807) is 21.1 Å². The highest BCUT2D eigenvalue weighted by Crippen LogP contribution is 1.94. The van der Waals surface area contributed by atoms with Gasteiger partial charge in [0, 0.05) is 26.0 Å². The van der Waals surface area contributed by atoms with Crippen LogP contribution >= 0.6 is 0 Å². The largest absolute Gasteiger partial charge is 0.144 e. The quantitative estimate of drug-likeness (QED) is 0.179. The Morgan fingerprint density at radius 2 is 1.33 bits per heavy atom. The van der Waals surface area contributed by atoms with Gasteiger partial charge < -0.3 is 0 Å². The first-order valence-electron chi connectivity index (χ1n) is 3.50. The number of hydrogen-bond acceptors (Lipinski definition) is 6. The van der Waals surface area contributed by atoms with Gasteiger partial charge in [0.15, 0.2) is 0 Å². The van der Waals surface area contributed by atoms with Gasteiger partial charge in [0.2, 0.25) is 0 Å². The van der Waals surface area contributed by atoms with Crippen LogP contribution in [0.4, 0.5) is 0 Å². The first kappa shape index (κ1) is 11.7. The summed E-state index contributed by atoms with van der Waals surface area (Å²) >= 11 is 0. The second-order valence-corrected chi connectivity index (χ2v) is 2.42. The van der Waals surface area contributed by atoms with Crippen LogP contribution in [-0.4, -0.2) is 38.0 Å². The minimum atomic E-state index is -0.622. The molecule has 0 atom stereocenters. The molecule has 7 N–H and O–H groups in total. The van der Waals surface area contributed by atoms with Gasteiger partial charge >= 0.3 is 0 Å². The first-order chi connectivity index (χ1) is 5.39. The summed E-state index contributed by atoms with van der Waals surface area (Å²) in [5.74, 6) is 10.8. The molecule has 0 bridgehead atoms. The Bertz CT molecular complexity index is 120. The molecule has 0 heterocycles. The van der Waals surface area contributed by atoms with Gasteiger partial charge in [-0.2, -0.15) is 0 Å². The molecular weight excluding hydrogens is 162 g/mol. The molecule has 0 aliphatic heterocycles. The molecule has 0 unspecified atom stereocenters. The van der Waals surface area contributed by atoms with Crippen molar-refractivity contribution in [2.24, 2.45) is 11.7 Å². The molecule has 0 aromatic carbocycles. The smallest absolute Gasteiger partial charge is 0.123 e. The van der Waals surface area contributed by atoms with Gasteiger partial charge in [-0.1, -0.05) is 16.3 Å². The van der Waals surface area contributed by atoms with Gasteiger partial charge in [-0.05, 0) is 0 Å². The number of hydrogen-bond donors (Lipinski definition) is 5. The van der Waals surface area contributed by atoms with Crippen LogP contribution in [0.25, 0.3) is 0 Å². The number of quaternary nitrogens is 2. The number of rotatable bonds is 5. The highest BCUT2D eigenvalue weighted by molar-refractivity contribution is 3.95. The van der Waals surface area contributed by atoms with Crippen molar-refractivity contribution in [3.05, 3.63) is 0 Å². The molecular formula is C4H19N7O+2. The maximum Gasteiger partial charge on any atom is 0.144 e. The fraction of sp³-hybridized carbons (Fsp3) is 1.00. The monoisotopic (exact) mass is 181 g/mol. The Balaban J connectivity index is 4.30. The first-order valence-corrected chi connectivity index (χ1v) is 3.50. The van der Waals surface area contributed by atoms with E-state index in [1.165, 1.54) is 7.05 Å². The van der Waals surface area contributed by atoms with Crippen molar-refractivity contribution in [2.45, 2.75) is 0 Å². The highest BCUT2D eigenvalue weighted by Gasteiger charge is 2.36. The third-order valence-electron chi connectivity index (χ3n) is 1.24. The summed E-state index contributed by atoms with van der Waals surface area (Å²) in [6, 6.07) is 0. The zero-order chi connectivity index (χ0) is 9.83. The van der Waals surface area contributed by atoms with Crippen LogP contribution in [-0.2, 0) is 4.94 Å². The van der Waals surface area contributed by atoms with E-state index >= 15 is 0 Å². The molecule has 0 rings (SSSR count). The molecule has 0 spiro atoms. The summed E-state index contributed by atoms with van der Waals surface area (Å²) in [4.78, 5) is 4.29. The molecule has 0 aromatic rings. The fourth-order valence-electron chi connectivity index (χ4n) is 0.722. The lowest BCUT2D eigenvalue weighted by Crippen LogP contribution is -2.77. The molecule has 0 saturated heterocycles. The van der Waals surface area contributed by atoms with Crippen molar-refractivity contribution >= 4 is 0 Å². The van der Waals surface area contributed by atoms with Crippen LogP contribution in [0.2, 0.25) is 0 Å². The SMILES string of the molecule is CN[N+](NC)(NC)O[N+](C)(N)N. The van der Waals surface area contributed by atoms with Crippen LogP contribution in [0.15, 0.2) is 0 Å². The number of nitrogens with two attached hydrogens (primary N) is 2. The topological polar surface area (TPSA) is 97.4 Å². The standard InChI is InChI=1S/C4H19N7O/c1-7-11(8-2,9-3)12-10(4,5)6/h7-9H,5-6H2,1-4H3/q+2. The summed E-state index contributed by atoms with van der Waals surface area (Å²) in [6.45, 7) is 0. The van der Waals surface area contributed by atoms with E-state index < -0.39 is 4.86 Å². The van der Waals surface area contributed by atoms with Gasteiger partial charge in [-0.25, -0.2) is 0 Å². The van der Waals surface area contributed by atoms with Crippen LogP contribution < -0.4 is 28.0 Å². The van der Waals surface area contributed by atoms with Crippen LogP contribution in [0, 0.1) is 0 Å². The summed E-state index contributed by atoms with van der Waals surface area (Å²) in [7, 11) is 6.53. The van der Waals surface area contributed by atoms with Crippen molar-refractivity contribution in [1.82, 2.24) is 16.3 Å². The Morgan fingerprint density at radius 3 is 1.42 bits per heavy atom. The molecule has 0 aromatic heterocycles. The van der Waals surface area contributed by atoms with Gasteiger partial charge in [-0.15, -0.1) is 11.7 Å². The third kappa shape index (κ3) is 3.38. The molecule has 74 valence electrons. The predicted octanol–water partition coefficient (Wildman–Crippen LogP) is -2.75. The fourth-order valence-corrected chi connectivity index (χ4v) is 0.722. The van der Waals surface area contributed by atoms with Gasteiger partial charge in [-0.3, -0.25) is 0 Å². The zero-order valence-corrected chi connectivity index (χ0v) is 7.96. The Hall–Kier alpha value is -0.320. The number of nitrogens with one attached hydrogen (secondary N) is 3. The normalized spacial score (nSPS) is 13.5. The maximum atomic E-state index is 5.41. The van der Waals surface area contributed by atoms with Crippen molar-refractivity contribution in [1.29, 1.82) is 0 Å². The molecule has 0 saturated carbocycles. The zero-order valence-electron chi connectivity index (χ0n) is 7.96. The van der Waals surface area contributed by atoms with E-state index in [9.17, 15) is 0 Å². The predicted molar refractivity (Wildman–Crippen MR) is 43.1 cm³/mol. The summed E-state index contributed by atoms with van der Waals surface area (Å²) in [5.41, 5.74) is 8.37. The highest BCUT2D eigenvalue weighted by atomic mass is 17.0. The average molecular weight is 181 g/mol. The van der Waals surface area contributed by atoms with E-state index in [1.807, 2.05) is 0 Å². The van der Waals surface area contributed by atoms with Crippen molar-refractivity contribution in [2.75, 3.05) is 28.2 Å². The van der Waals surface area contributed by atoms with Crippen molar-refractivity contribution in [3.8, 4) is 0 Å². The molecule has 0 fully saturated rings. The summed E-state index contributed by atoms with van der Waals surface area (Å²) in [6.07, 6.45) is 0. The molecule has 12 heavy (non-hydrogen) atoms. The lowest BCUT2D eigenvalue weighted by atomic mass is 11.3. The summed E-state index contributed by atoms with van der Waals surface area (Å²) in [5, 5.41) is 0. The Morgan fingerprint density at radius 1 is 1.00 bits per heavy atom. The van der Waals surface area contributed by atoms with E-state index in [4.69, 9.17) is 16.6 Å². The molecule has 8 nitrogen and oxygen atoms in total. The summed E-state index contributed by atoms with van der Waals surface area (Å²) < 4.78 is 0. The van der Waals surface area contributed by atoms with Crippen LogP contribution in [0.3, 0.4) is 0 Å². The van der Waals surface area contributed by atoms with E-state index in [-0.39, 0.29) is 4.97 Å². The average Bonchev–Trinajstić information content (AvgIpc) is 1.99. The molecule has 0 aliphatic carbocycles. The van der Waals surface area contributed by atoms with Crippen molar-refractivity contribution < 1.29 is 14.8 Å². The van der Waals surface area contributed by atoms with Gasteiger partial charge in [0.05, 0.1) is 4.97 Å². The third-order valence-corrected chi connectivity index (χ3v) is 1.24. The minimum Gasteiger partial charge on any atom is -0.123 e. The molecule has 0 amide bonds. The molecule has 0 aliphatic rings. The lowest BCUT2D eigenvalue weighted by molar-refractivity contribution is -1.39. The lowest BCUT2D eigenvalue weighted by Gasteiger charge is -2.30. The van der Waals surface area contributed by atoms with Crippen LogP contribution in [0.5, 0.6) is 0 Å². The van der Waals surface area contributed by atoms with Crippen molar-refractivity contribution in [3.63, 3.8) is 0 Å². The van der Waals surface area contributed by atoms with E-state index in [0.717, 1.165) is 0 Å². The minimum absolute atomic E-state index is 0.260. The Kier molecular flexibility index (Phi) is 3.96. The second kappa shape index (κ2) is 4.07. The van der Waals surface area contributed by atoms with E-state index in [2.05, 4.69) is 16.3 Å². The Labute approximate surface area is 72.0 Å². The second-order valence-electron chi connectivity index (χ2n) is 2.42. The van der Waals surface area contributed by atoms with Gasteiger partial charge in [0.25, 0.3) is 0 Å².